The van der Waals surface area contributed by atoms with Gasteiger partial charge in [0, 0.05) is 6.54 Å². The van der Waals surface area contributed by atoms with Crippen LogP contribution in [0, 0.1) is 0 Å². The molecule has 1 heteroatoms. The molecular weight excluding hydrogens is 134 g/mol. The third-order valence-electron chi connectivity index (χ3n) is 1.43. The average Bonchev–Trinajstić information content (AvgIpc) is 2.05. The molecule has 0 aliphatic heterocycles. The van der Waals surface area contributed by atoms with Crippen LogP contribution in [0.1, 0.15) is 33.6 Å². The summed E-state index contributed by atoms with van der Waals surface area (Å²) in [5.41, 5.74) is 0. The van der Waals surface area contributed by atoms with Crippen LogP contribution in [0.5, 0.6) is 0 Å². The fourth-order valence-corrected chi connectivity index (χ4v) is 0.742. The lowest BCUT2D eigenvalue weighted by molar-refractivity contribution is 0.533. The van der Waals surface area contributed by atoms with Gasteiger partial charge >= 0.3 is 0 Å². The van der Waals surface area contributed by atoms with E-state index in [4.69, 9.17) is 0 Å². The van der Waals surface area contributed by atoms with Crippen LogP contribution in [0.4, 0.5) is 0 Å². The highest BCUT2D eigenvalue weighted by Crippen LogP contribution is 1.93. The van der Waals surface area contributed by atoms with Gasteiger partial charge < -0.3 is 4.90 Å². The van der Waals surface area contributed by atoms with Crippen LogP contribution in [0.2, 0.25) is 0 Å². The van der Waals surface area contributed by atoms with E-state index in [0.717, 1.165) is 19.4 Å². The average molecular weight is 153 g/mol. The Morgan fingerprint density at radius 2 is 1.36 bits per heavy atom. The third-order valence-corrected chi connectivity index (χ3v) is 1.43. The van der Waals surface area contributed by atoms with Gasteiger partial charge in [0.2, 0.25) is 0 Å². The van der Waals surface area contributed by atoms with Gasteiger partial charge in [0.15, 0.2) is 0 Å². The van der Waals surface area contributed by atoms with Crippen molar-refractivity contribution in [2.24, 2.45) is 0 Å². The second-order valence-electron chi connectivity index (χ2n) is 2.42. The van der Waals surface area contributed by atoms with E-state index >= 15 is 0 Å². The molecule has 0 saturated carbocycles. The minimum atomic E-state index is 1.05. The minimum absolute atomic E-state index is 1.05. The van der Waals surface area contributed by atoms with Crippen molar-refractivity contribution in [2.75, 3.05) is 6.54 Å². The Morgan fingerprint density at radius 1 is 0.909 bits per heavy atom. The zero-order valence-corrected chi connectivity index (χ0v) is 7.88. The Hall–Kier alpha value is -0.720. The van der Waals surface area contributed by atoms with Crippen molar-refractivity contribution >= 4 is 0 Å². The van der Waals surface area contributed by atoms with Crippen LogP contribution in [-0.2, 0) is 0 Å². The smallest absolute Gasteiger partial charge is 0.0190 e. The lowest BCUT2D eigenvalue weighted by Gasteiger charge is -2.11. The standard InChI is InChI=1S/C10H19N/c1-4-7-9-11(6-3)10-8-5-2/h7-10H,4-6H2,1-3H3/b9-7+,10-8+. The molecule has 0 rings (SSSR count). The topological polar surface area (TPSA) is 3.24 Å². The molecule has 0 bridgehead atoms. The molecular formula is C10H19N. The van der Waals surface area contributed by atoms with E-state index in [2.05, 4.69) is 50.2 Å². The fourth-order valence-electron chi connectivity index (χ4n) is 0.742. The largest absolute Gasteiger partial charge is 0.355 e. The van der Waals surface area contributed by atoms with Crippen LogP contribution in [0.15, 0.2) is 24.6 Å². The molecule has 0 unspecified atom stereocenters. The van der Waals surface area contributed by atoms with Crippen molar-refractivity contribution in [3.05, 3.63) is 24.6 Å². The van der Waals surface area contributed by atoms with Crippen molar-refractivity contribution < 1.29 is 0 Å². The highest BCUT2D eigenvalue weighted by atomic mass is 15.1. The van der Waals surface area contributed by atoms with Crippen LogP contribution in [0.3, 0.4) is 0 Å². The Kier molecular flexibility index (Phi) is 6.90. The Labute approximate surface area is 70.4 Å². The van der Waals surface area contributed by atoms with Gasteiger partial charge in [-0.3, -0.25) is 0 Å². The third kappa shape index (κ3) is 5.71. The van der Waals surface area contributed by atoms with Gasteiger partial charge in [0.1, 0.15) is 0 Å². The van der Waals surface area contributed by atoms with Gasteiger partial charge in [-0.15, -0.1) is 0 Å². The molecule has 0 aromatic heterocycles. The molecule has 64 valence electrons. The number of hydrogen-bond acceptors (Lipinski definition) is 1. The lowest BCUT2D eigenvalue weighted by atomic mass is 10.4. The summed E-state index contributed by atoms with van der Waals surface area (Å²) in [6.07, 6.45) is 10.8. The summed E-state index contributed by atoms with van der Waals surface area (Å²) in [7, 11) is 0. The van der Waals surface area contributed by atoms with Crippen molar-refractivity contribution in [1.82, 2.24) is 4.90 Å². The number of nitrogens with zero attached hydrogens (tertiary/aromatic N) is 1. The van der Waals surface area contributed by atoms with Crippen LogP contribution < -0.4 is 0 Å². The summed E-state index contributed by atoms with van der Waals surface area (Å²) in [6.45, 7) is 7.49. The van der Waals surface area contributed by atoms with Gasteiger partial charge in [-0.25, -0.2) is 0 Å². The van der Waals surface area contributed by atoms with E-state index < -0.39 is 0 Å². The summed E-state index contributed by atoms with van der Waals surface area (Å²) in [5.74, 6) is 0. The first-order valence-corrected chi connectivity index (χ1v) is 4.44. The van der Waals surface area contributed by atoms with Crippen LogP contribution >= 0.6 is 0 Å². The fraction of sp³-hybridized carbons (Fsp3) is 0.600. The normalized spacial score (nSPS) is 11.5. The molecule has 0 heterocycles. The Balaban J connectivity index is 3.75. The van der Waals surface area contributed by atoms with E-state index in [9.17, 15) is 0 Å². The van der Waals surface area contributed by atoms with Crippen LogP contribution in [-0.4, -0.2) is 11.4 Å². The van der Waals surface area contributed by atoms with Crippen molar-refractivity contribution in [1.29, 1.82) is 0 Å². The highest BCUT2D eigenvalue weighted by Gasteiger charge is 1.84. The molecule has 0 atom stereocenters. The van der Waals surface area contributed by atoms with Gasteiger partial charge in [0.05, 0.1) is 0 Å². The van der Waals surface area contributed by atoms with Crippen molar-refractivity contribution in [3.8, 4) is 0 Å². The first kappa shape index (κ1) is 10.3. The molecule has 0 N–H and O–H groups in total. The SMILES string of the molecule is CC/C=C/N(/C=C/CC)CC. The molecule has 0 aromatic carbocycles. The van der Waals surface area contributed by atoms with E-state index in [1.54, 1.807) is 0 Å². The van der Waals surface area contributed by atoms with Gasteiger partial charge in [0.25, 0.3) is 0 Å². The summed E-state index contributed by atoms with van der Waals surface area (Å²) < 4.78 is 0. The lowest BCUT2D eigenvalue weighted by Crippen LogP contribution is -2.07. The maximum atomic E-state index is 2.19. The molecule has 0 spiro atoms. The summed E-state index contributed by atoms with van der Waals surface area (Å²) >= 11 is 0. The van der Waals surface area contributed by atoms with Gasteiger partial charge in [-0.1, -0.05) is 26.0 Å². The molecule has 0 aromatic rings. The molecule has 1 nitrogen and oxygen atoms in total. The molecule has 0 fully saturated rings. The molecule has 0 saturated heterocycles. The Morgan fingerprint density at radius 3 is 1.64 bits per heavy atom. The first-order valence-electron chi connectivity index (χ1n) is 4.44. The van der Waals surface area contributed by atoms with E-state index in [-0.39, 0.29) is 0 Å². The van der Waals surface area contributed by atoms with Crippen LogP contribution in [0.25, 0.3) is 0 Å². The molecule has 11 heavy (non-hydrogen) atoms. The molecule has 0 aliphatic carbocycles. The van der Waals surface area contributed by atoms with E-state index in [1.807, 2.05) is 0 Å². The Bertz CT molecular complexity index is 111. The maximum Gasteiger partial charge on any atom is 0.0190 e. The zero-order valence-electron chi connectivity index (χ0n) is 7.88. The highest BCUT2D eigenvalue weighted by molar-refractivity contribution is 4.90. The number of allylic oxidation sites excluding steroid dienone is 2. The number of rotatable bonds is 5. The van der Waals surface area contributed by atoms with Gasteiger partial charge in [-0.2, -0.15) is 0 Å². The second-order valence-corrected chi connectivity index (χ2v) is 2.42. The van der Waals surface area contributed by atoms with E-state index in [1.165, 1.54) is 0 Å². The van der Waals surface area contributed by atoms with Crippen molar-refractivity contribution in [3.63, 3.8) is 0 Å². The quantitative estimate of drug-likeness (QED) is 0.586. The molecule has 0 amide bonds. The predicted molar refractivity (Wildman–Crippen MR) is 51.2 cm³/mol. The maximum absolute atomic E-state index is 2.19. The molecule has 0 radical (unpaired) electrons. The second kappa shape index (κ2) is 7.39. The summed E-state index contributed by atoms with van der Waals surface area (Å²) in [6, 6.07) is 0. The number of hydrogen-bond donors (Lipinski definition) is 0. The monoisotopic (exact) mass is 153 g/mol. The zero-order chi connectivity index (χ0) is 8.53. The van der Waals surface area contributed by atoms with E-state index in [0.29, 0.717) is 0 Å². The van der Waals surface area contributed by atoms with Gasteiger partial charge in [-0.05, 0) is 32.2 Å². The summed E-state index contributed by atoms with van der Waals surface area (Å²) in [4.78, 5) is 2.19. The van der Waals surface area contributed by atoms with Crippen molar-refractivity contribution in [2.45, 2.75) is 33.6 Å². The minimum Gasteiger partial charge on any atom is -0.355 e. The predicted octanol–water partition coefficient (Wildman–Crippen LogP) is 3.16. The first-order chi connectivity index (χ1) is 5.35. The summed E-state index contributed by atoms with van der Waals surface area (Å²) in [5, 5.41) is 0. The molecule has 0 aliphatic rings.